The van der Waals surface area contributed by atoms with Gasteiger partial charge in [-0.3, -0.25) is 4.55 Å². The topological polar surface area (TPSA) is 88.4 Å². The Bertz CT molecular complexity index is 421. The van der Waals surface area contributed by atoms with Gasteiger partial charge in [0, 0.05) is 12.3 Å². The van der Waals surface area contributed by atoms with E-state index < -0.39 is 16.4 Å². The Kier molecular flexibility index (Phi) is 3.15. The summed E-state index contributed by atoms with van der Waals surface area (Å²) in [5, 5.41) is 0.813. The van der Waals surface area contributed by atoms with Crippen LogP contribution in [0.25, 0.3) is 0 Å². The Morgan fingerprint density at radius 2 is 2.12 bits per heavy atom. The maximum absolute atomic E-state index is 12.0. The second-order valence-corrected chi connectivity index (χ2v) is 5.95. The fraction of sp³-hybridized carbons (Fsp3) is 0.889. The first-order valence-electron chi connectivity index (χ1n) is 5.66. The Morgan fingerprint density at radius 1 is 1.47 bits per heavy atom. The van der Waals surface area contributed by atoms with Gasteiger partial charge in [-0.25, -0.2) is 9.69 Å². The highest BCUT2D eigenvalue weighted by atomic mass is 32.3. The van der Waals surface area contributed by atoms with Gasteiger partial charge in [0.15, 0.2) is 0 Å². The summed E-state index contributed by atoms with van der Waals surface area (Å²) in [5.41, 5.74) is 0. The molecule has 98 valence electrons. The highest BCUT2D eigenvalue weighted by Gasteiger charge is 2.52. The monoisotopic (exact) mass is 265 g/mol. The summed E-state index contributed by atoms with van der Waals surface area (Å²) in [7, 11) is -4.63. The van der Waals surface area contributed by atoms with Crippen LogP contribution in [0.4, 0.5) is 4.79 Å². The summed E-state index contributed by atoms with van der Waals surface area (Å²) in [6.07, 6.45) is 1.56. The molecule has 17 heavy (non-hydrogen) atoms. The van der Waals surface area contributed by atoms with Crippen LogP contribution in [0.5, 0.6) is 0 Å². The number of fused-ring (bicyclic) bond motifs is 2. The number of hydroxylamine groups is 2. The lowest BCUT2D eigenvalue weighted by molar-refractivity contribution is -0.845. The first-order chi connectivity index (χ1) is 7.79. The highest BCUT2D eigenvalue weighted by molar-refractivity contribution is 7.80. The molecule has 3 atom stereocenters. The van der Waals surface area contributed by atoms with Crippen molar-refractivity contribution in [2.75, 3.05) is 6.54 Å². The predicted octanol–water partition coefficient (Wildman–Crippen LogP) is -0.772. The van der Waals surface area contributed by atoms with Crippen LogP contribution in [0.3, 0.4) is 0 Å². The maximum atomic E-state index is 12.0. The van der Waals surface area contributed by atoms with Crippen molar-refractivity contribution in [2.45, 2.75) is 38.8 Å². The van der Waals surface area contributed by atoms with Crippen LogP contribution < -0.4 is 4.90 Å². The Morgan fingerprint density at radius 3 is 2.65 bits per heavy atom. The maximum Gasteiger partial charge on any atom is 0.443 e. The first kappa shape index (κ1) is 12.7. The smallest absolute Gasteiger partial charge is 0.262 e. The number of nitrogens with zero attached hydrogens (tertiary/aromatic N) is 1. The van der Waals surface area contributed by atoms with E-state index in [-0.39, 0.29) is 12.1 Å². The van der Waals surface area contributed by atoms with Crippen molar-refractivity contribution < 1.29 is 26.9 Å². The van der Waals surface area contributed by atoms with Crippen molar-refractivity contribution in [1.29, 1.82) is 0 Å². The molecule has 0 radical (unpaired) electrons. The molecular formula is C9H17N2O5S+. The predicted molar refractivity (Wildman–Crippen MR) is 57.3 cm³/mol. The fourth-order valence-electron chi connectivity index (χ4n) is 2.74. The van der Waals surface area contributed by atoms with Gasteiger partial charge in [0.2, 0.25) is 0 Å². The summed E-state index contributed by atoms with van der Waals surface area (Å²) in [6.45, 7) is 4.62. The van der Waals surface area contributed by atoms with E-state index in [4.69, 9.17) is 4.55 Å². The molecule has 2 N–H and O–H groups in total. The van der Waals surface area contributed by atoms with Crippen molar-refractivity contribution in [2.24, 2.45) is 5.92 Å². The van der Waals surface area contributed by atoms with Crippen LogP contribution in [0, 0.1) is 5.92 Å². The number of quaternary nitrogens is 1. The van der Waals surface area contributed by atoms with E-state index >= 15 is 0 Å². The van der Waals surface area contributed by atoms with Crippen LogP contribution >= 0.6 is 0 Å². The molecule has 0 aromatic heterocycles. The molecule has 0 aromatic carbocycles. The summed E-state index contributed by atoms with van der Waals surface area (Å²) >= 11 is 0. The van der Waals surface area contributed by atoms with Gasteiger partial charge in [-0.05, 0) is 6.42 Å². The molecule has 0 spiro atoms. The zero-order valence-electron chi connectivity index (χ0n) is 9.79. The second kappa shape index (κ2) is 4.20. The number of carbonyl (C=O) groups is 1. The summed E-state index contributed by atoms with van der Waals surface area (Å²) in [4.78, 5) is 12.7. The van der Waals surface area contributed by atoms with E-state index in [1.807, 2.05) is 13.8 Å². The third kappa shape index (κ3) is 2.44. The molecule has 8 heteroatoms. The van der Waals surface area contributed by atoms with Crippen molar-refractivity contribution in [3.05, 3.63) is 0 Å². The van der Waals surface area contributed by atoms with Crippen LogP contribution in [0.1, 0.15) is 26.7 Å². The quantitative estimate of drug-likeness (QED) is 0.654. The molecule has 0 aliphatic carbocycles. The lowest BCUT2D eigenvalue weighted by atomic mass is 9.92. The zero-order valence-corrected chi connectivity index (χ0v) is 10.6. The fourth-order valence-corrected chi connectivity index (χ4v) is 3.13. The molecule has 3 unspecified atom stereocenters. The van der Waals surface area contributed by atoms with Crippen molar-refractivity contribution in [1.82, 2.24) is 5.06 Å². The van der Waals surface area contributed by atoms with Crippen LogP contribution in [-0.4, -0.2) is 42.7 Å². The summed E-state index contributed by atoms with van der Waals surface area (Å²) in [6, 6.07) is -0.466. The normalized spacial score (nSPS) is 33.5. The molecule has 2 aliphatic rings. The summed E-state index contributed by atoms with van der Waals surface area (Å²) < 4.78 is 34.3. The minimum atomic E-state index is -4.63. The molecular weight excluding hydrogens is 248 g/mol. The van der Waals surface area contributed by atoms with Gasteiger partial charge in [0.1, 0.15) is 12.6 Å². The molecule has 2 amide bonds. The van der Waals surface area contributed by atoms with Gasteiger partial charge < -0.3 is 0 Å². The number of nitrogens with one attached hydrogen (secondary N) is 1. The summed E-state index contributed by atoms with van der Waals surface area (Å²) in [5.74, 6) is 0.348. The molecule has 0 saturated carbocycles. The number of amides is 2. The average Bonchev–Trinajstić information content (AvgIpc) is 2.42. The number of carbonyl (C=O) groups excluding carboxylic acids is 1. The van der Waals surface area contributed by atoms with E-state index in [9.17, 15) is 13.2 Å². The first-order valence-corrected chi connectivity index (χ1v) is 7.02. The minimum absolute atomic E-state index is 0.189. The Labute approximate surface area is 100 Å². The Balaban J connectivity index is 2.17. The van der Waals surface area contributed by atoms with Gasteiger partial charge in [-0.1, -0.05) is 13.8 Å². The largest absolute Gasteiger partial charge is 0.443 e. The molecule has 7 nitrogen and oxygen atoms in total. The standard InChI is InChI=1S/C9H16N2O5S/c1-6(2)8-4-3-7-5-10(8)9(12)11(7)16-17(13,14)15/h6-8H,3-5H2,1-2H3,(H,13,14,15)/p+1. The van der Waals surface area contributed by atoms with Gasteiger partial charge >= 0.3 is 16.4 Å². The van der Waals surface area contributed by atoms with E-state index in [1.165, 1.54) is 0 Å². The number of rotatable bonds is 3. The van der Waals surface area contributed by atoms with Crippen molar-refractivity contribution >= 4 is 16.4 Å². The molecule has 2 fully saturated rings. The molecule has 2 rings (SSSR count). The third-order valence-electron chi connectivity index (χ3n) is 3.50. The average molecular weight is 265 g/mol. The van der Waals surface area contributed by atoms with Gasteiger partial charge in [0.25, 0.3) is 0 Å². The van der Waals surface area contributed by atoms with Gasteiger partial charge in [-0.2, -0.15) is 8.42 Å². The minimum Gasteiger partial charge on any atom is -0.262 e. The van der Waals surface area contributed by atoms with Crippen LogP contribution in [0.2, 0.25) is 0 Å². The molecule has 2 heterocycles. The van der Waals surface area contributed by atoms with E-state index in [1.54, 1.807) is 0 Å². The van der Waals surface area contributed by atoms with E-state index in [0.29, 0.717) is 18.9 Å². The highest BCUT2D eigenvalue weighted by Crippen LogP contribution is 2.21. The van der Waals surface area contributed by atoms with Crippen molar-refractivity contribution in [3.8, 4) is 0 Å². The zero-order chi connectivity index (χ0) is 12.8. The SMILES string of the molecule is CC(C)C1CCC2C[NH+]1C(=O)N2OS(=O)(=O)O. The number of piperidine rings is 1. The van der Waals surface area contributed by atoms with Crippen molar-refractivity contribution in [3.63, 3.8) is 0 Å². The third-order valence-corrected chi connectivity index (χ3v) is 3.85. The van der Waals surface area contributed by atoms with E-state index in [0.717, 1.165) is 16.4 Å². The van der Waals surface area contributed by atoms with E-state index in [2.05, 4.69) is 4.28 Å². The van der Waals surface area contributed by atoms with Crippen LogP contribution in [-0.2, 0) is 14.7 Å². The van der Waals surface area contributed by atoms with Gasteiger partial charge in [0.05, 0.1) is 6.04 Å². The Hall–Kier alpha value is -0.700. The number of hydrogen-bond acceptors (Lipinski definition) is 4. The second-order valence-electron chi connectivity index (χ2n) is 4.94. The molecule has 0 aromatic rings. The van der Waals surface area contributed by atoms with Gasteiger partial charge in [-0.15, -0.1) is 9.35 Å². The lowest BCUT2D eigenvalue weighted by Gasteiger charge is -2.28. The lowest BCUT2D eigenvalue weighted by Crippen LogP contribution is -3.18. The molecule has 2 saturated heterocycles. The number of urea groups is 1. The van der Waals surface area contributed by atoms with Crippen LogP contribution in [0.15, 0.2) is 0 Å². The molecule has 2 aliphatic heterocycles. The molecule has 2 bridgehead atoms. The number of hydrogen-bond donors (Lipinski definition) is 2.